The van der Waals surface area contributed by atoms with Crippen LogP contribution in [0.15, 0.2) is 72.3 Å². The first-order chi connectivity index (χ1) is 18.5. The smallest absolute Gasteiger partial charge is 0.301 e. The summed E-state index contributed by atoms with van der Waals surface area (Å²) in [6.45, 7) is 10.5. The molecule has 1 aliphatic rings. The fourth-order valence-corrected chi connectivity index (χ4v) is 5.95. The van der Waals surface area contributed by atoms with Crippen LogP contribution in [0.1, 0.15) is 68.8 Å². The van der Waals surface area contributed by atoms with Gasteiger partial charge in [-0.05, 0) is 58.4 Å². The zero-order chi connectivity index (χ0) is 28.1. The molecular formula is C32H32N2O4S. The largest absolute Gasteiger partial charge is 0.507 e. The van der Waals surface area contributed by atoms with Crippen molar-refractivity contribution in [1.82, 2.24) is 4.98 Å². The molecule has 1 unspecified atom stereocenters. The molecule has 1 amide bonds. The number of hydrogen-bond donors (Lipinski definition) is 1. The van der Waals surface area contributed by atoms with Crippen molar-refractivity contribution in [2.24, 2.45) is 0 Å². The van der Waals surface area contributed by atoms with Crippen LogP contribution >= 0.6 is 11.3 Å². The lowest BCUT2D eigenvalue weighted by molar-refractivity contribution is -0.132. The summed E-state index contributed by atoms with van der Waals surface area (Å²) in [4.78, 5) is 33.3. The third-order valence-electron chi connectivity index (χ3n) is 7.15. The lowest BCUT2D eigenvalue weighted by Crippen LogP contribution is -2.29. The Morgan fingerprint density at radius 1 is 1.03 bits per heavy atom. The third kappa shape index (κ3) is 4.72. The normalized spacial score (nSPS) is 17.4. The molecule has 0 aliphatic carbocycles. The highest BCUT2D eigenvalue weighted by Crippen LogP contribution is 2.45. The molecule has 39 heavy (non-hydrogen) atoms. The number of hydrogen-bond acceptors (Lipinski definition) is 6. The number of aliphatic hydroxyl groups excluding tert-OH is 1. The summed E-state index contributed by atoms with van der Waals surface area (Å²) in [7, 11) is 1.60. The SMILES string of the molecule is COc1ccc(/C(O)=C2\C(=O)C(=O)N(c3nc4ccccc4s3)C2c2ccc(C(C)(C)C)cc2)cc1C(C)C. The molecule has 6 nitrogen and oxygen atoms in total. The molecule has 0 bridgehead atoms. The lowest BCUT2D eigenvalue weighted by Gasteiger charge is -2.25. The first-order valence-corrected chi connectivity index (χ1v) is 13.8. The number of thiazole rings is 1. The van der Waals surface area contributed by atoms with Gasteiger partial charge >= 0.3 is 5.91 Å². The van der Waals surface area contributed by atoms with Gasteiger partial charge in [0, 0.05) is 5.56 Å². The number of methoxy groups -OCH3 is 1. The van der Waals surface area contributed by atoms with Crippen molar-refractivity contribution in [2.45, 2.75) is 52.0 Å². The number of Topliss-reactive ketones (excluding diaryl/α,β-unsaturated/α-hetero) is 1. The Labute approximate surface area is 232 Å². The molecule has 7 heteroatoms. The van der Waals surface area contributed by atoms with Crippen molar-refractivity contribution in [3.8, 4) is 5.75 Å². The molecule has 1 fully saturated rings. The number of carbonyl (C=O) groups is 2. The molecule has 3 aromatic carbocycles. The number of anilines is 1. The molecule has 1 atom stereocenters. The zero-order valence-corrected chi connectivity index (χ0v) is 23.8. The van der Waals surface area contributed by atoms with E-state index in [4.69, 9.17) is 4.74 Å². The number of aromatic nitrogens is 1. The molecule has 0 saturated carbocycles. The summed E-state index contributed by atoms with van der Waals surface area (Å²) in [6.07, 6.45) is 0. The van der Waals surface area contributed by atoms with E-state index in [1.807, 2.05) is 68.4 Å². The van der Waals surface area contributed by atoms with Crippen LogP contribution in [0, 0.1) is 0 Å². The van der Waals surface area contributed by atoms with Crippen LogP contribution in [0.25, 0.3) is 16.0 Å². The standard InChI is InChI=1S/C32H32N2O4S/c1-18(2)22-17-20(13-16-24(22)38-6)28(35)26-27(19-11-14-21(15-12-19)32(3,4)5)34(30(37)29(26)36)31-33-23-9-7-8-10-25(23)39-31/h7-18,27,35H,1-6H3/b28-26+. The molecule has 0 radical (unpaired) electrons. The second-order valence-corrected chi connectivity index (χ2v) is 12.1. The molecule has 5 rings (SSSR count). The van der Waals surface area contributed by atoms with Gasteiger partial charge < -0.3 is 9.84 Å². The molecule has 1 N–H and O–H groups in total. The lowest BCUT2D eigenvalue weighted by atomic mass is 9.85. The van der Waals surface area contributed by atoms with Crippen molar-refractivity contribution >= 4 is 44.1 Å². The number of rotatable bonds is 5. The summed E-state index contributed by atoms with van der Waals surface area (Å²) >= 11 is 1.35. The Bertz CT molecular complexity index is 1580. The molecular weight excluding hydrogens is 508 g/mol. The van der Waals surface area contributed by atoms with E-state index in [1.165, 1.54) is 16.2 Å². The second kappa shape index (κ2) is 9.97. The van der Waals surface area contributed by atoms with E-state index >= 15 is 0 Å². The van der Waals surface area contributed by atoms with Gasteiger partial charge in [0.15, 0.2) is 5.13 Å². The van der Waals surface area contributed by atoms with Gasteiger partial charge in [0.1, 0.15) is 11.5 Å². The van der Waals surface area contributed by atoms with E-state index in [1.54, 1.807) is 19.2 Å². The highest BCUT2D eigenvalue weighted by molar-refractivity contribution is 7.22. The number of para-hydroxylation sites is 1. The number of ketones is 1. The first kappa shape index (κ1) is 26.6. The number of nitrogens with zero attached hydrogens (tertiary/aromatic N) is 2. The zero-order valence-electron chi connectivity index (χ0n) is 23.0. The van der Waals surface area contributed by atoms with Crippen molar-refractivity contribution in [2.75, 3.05) is 12.0 Å². The van der Waals surface area contributed by atoms with Gasteiger partial charge in [-0.3, -0.25) is 14.5 Å². The number of carbonyl (C=O) groups excluding carboxylic acids is 2. The monoisotopic (exact) mass is 540 g/mol. The number of ether oxygens (including phenoxy) is 1. The maximum absolute atomic E-state index is 13.6. The highest BCUT2D eigenvalue weighted by atomic mass is 32.1. The van der Waals surface area contributed by atoms with Gasteiger partial charge in [-0.25, -0.2) is 4.98 Å². The summed E-state index contributed by atoms with van der Waals surface area (Å²) < 4.78 is 6.41. The number of fused-ring (bicyclic) bond motifs is 1. The number of benzene rings is 3. The average molecular weight is 541 g/mol. The first-order valence-electron chi connectivity index (χ1n) is 13.0. The van der Waals surface area contributed by atoms with E-state index in [0.29, 0.717) is 16.4 Å². The van der Waals surface area contributed by atoms with E-state index in [2.05, 4.69) is 25.8 Å². The molecule has 0 spiro atoms. The minimum absolute atomic E-state index is 0.0441. The van der Waals surface area contributed by atoms with Crippen LogP contribution < -0.4 is 9.64 Å². The van der Waals surface area contributed by atoms with Crippen LogP contribution in [-0.2, 0) is 15.0 Å². The second-order valence-electron chi connectivity index (χ2n) is 11.1. The summed E-state index contributed by atoms with van der Waals surface area (Å²) in [6, 6.07) is 20.0. The van der Waals surface area contributed by atoms with E-state index in [-0.39, 0.29) is 22.7 Å². The number of amides is 1. The van der Waals surface area contributed by atoms with Crippen LogP contribution in [0.3, 0.4) is 0 Å². The highest BCUT2D eigenvalue weighted by Gasteiger charge is 2.48. The molecule has 1 saturated heterocycles. The fraction of sp³-hybridized carbons (Fsp3) is 0.281. The minimum Gasteiger partial charge on any atom is -0.507 e. The van der Waals surface area contributed by atoms with Crippen molar-refractivity contribution < 1.29 is 19.4 Å². The van der Waals surface area contributed by atoms with Gasteiger partial charge in [0.05, 0.1) is 28.9 Å². The Kier molecular flexibility index (Phi) is 6.81. The van der Waals surface area contributed by atoms with E-state index < -0.39 is 17.7 Å². The van der Waals surface area contributed by atoms with E-state index in [0.717, 1.165) is 26.9 Å². The molecule has 4 aromatic rings. The maximum atomic E-state index is 13.6. The Morgan fingerprint density at radius 3 is 2.33 bits per heavy atom. The van der Waals surface area contributed by atoms with Gasteiger partial charge in [0.2, 0.25) is 0 Å². The predicted molar refractivity (Wildman–Crippen MR) is 157 cm³/mol. The number of aliphatic hydroxyl groups is 1. The minimum atomic E-state index is -0.829. The fourth-order valence-electron chi connectivity index (χ4n) is 4.96. The summed E-state index contributed by atoms with van der Waals surface area (Å²) in [5.41, 5.74) is 3.93. The average Bonchev–Trinajstić information content (AvgIpc) is 3.45. The van der Waals surface area contributed by atoms with E-state index in [9.17, 15) is 14.7 Å². The Hall–Kier alpha value is -3.97. The molecule has 1 aromatic heterocycles. The predicted octanol–water partition coefficient (Wildman–Crippen LogP) is 7.35. The van der Waals surface area contributed by atoms with Crippen molar-refractivity contribution in [1.29, 1.82) is 0 Å². The summed E-state index contributed by atoms with van der Waals surface area (Å²) in [5.74, 6) is -0.840. The molecule has 1 aliphatic heterocycles. The Balaban J connectivity index is 1.72. The van der Waals surface area contributed by atoms with Gasteiger partial charge in [-0.15, -0.1) is 0 Å². The van der Waals surface area contributed by atoms with Crippen molar-refractivity contribution in [3.05, 3.63) is 94.6 Å². The quantitative estimate of drug-likeness (QED) is 0.163. The van der Waals surface area contributed by atoms with Crippen molar-refractivity contribution in [3.63, 3.8) is 0 Å². The maximum Gasteiger partial charge on any atom is 0.301 e. The summed E-state index contributed by atoms with van der Waals surface area (Å²) in [5, 5.41) is 12.0. The van der Waals surface area contributed by atoms with Gasteiger partial charge in [0.25, 0.3) is 5.78 Å². The van der Waals surface area contributed by atoms with Crippen LogP contribution in [-0.4, -0.2) is 28.9 Å². The third-order valence-corrected chi connectivity index (χ3v) is 8.19. The van der Waals surface area contributed by atoms with Gasteiger partial charge in [-0.1, -0.05) is 82.4 Å². The molecule has 200 valence electrons. The molecule has 2 heterocycles. The Morgan fingerprint density at radius 2 is 1.72 bits per heavy atom. The van der Waals surface area contributed by atoms with Crippen LogP contribution in [0.4, 0.5) is 5.13 Å². The van der Waals surface area contributed by atoms with Crippen LogP contribution in [0.5, 0.6) is 5.75 Å². The van der Waals surface area contributed by atoms with Gasteiger partial charge in [-0.2, -0.15) is 0 Å². The van der Waals surface area contributed by atoms with Crippen LogP contribution in [0.2, 0.25) is 0 Å². The topological polar surface area (TPSA) is 79.7 Å².